The number of hydrogen-bond acceptors (Lipinski definition) is 3. The van der Waals surface area contributed by atoms with E-state index in [1.54, 1.807) is 24.3 Å². The van der Waals surface area contributed by atoms with E-state index in [4.69, 9.17) is 0 Å². The van der Waals surface area contributed by atoms with Crippen molar-refractivity contribution in [2.45, 2.75) is 6.42 Å². The monoisotopic (exact) mass is 231 g/mol. The zero-order valence-corrected chi connectivity index (χ0v) is 9.87. The van der Waals surface area contributed by atoms with Crippen molar-refractivity contribution in [2.75, 3.05) is 0 Å². The molecule has 0 aliphatic heterocycles. The molecule has 0 saturated heterocycles. The average Bonchev–Trinajstić information content (AvgIpc) is 2.08. The molecule has 0 bridgehead atoms. The molecular formula is C9H12O3PS-. The van der Waals surface area contributed by atoms with E-state index in [2.05, 4.69) is 10.8 Å². The van der Waals surface area contributed by atoms with Crippen molar-refractivity contribution in [1.29, 1.82) is 0 Å². The highest BCUT2D eigenvalue weighted by Crippen LogP contribution is 2.19. The summed E-state index contributed by atoms with van der Waals surface area (Å²) in [5.74, 6) is 0.357. The number of rotatable bonds is 4. The molecule has 0 saturated carbocycles. The van der Waals surface area contributed by atoms with E-state index in [-0.39, 0.29) is 9.90 Å². The van der Waals surface area contributed by atoms with Gasteiger partial charge >= 0.3 is 0 Å². The summed E-state index contributed by atoms with van der Waals surface area (Å²) in [5.41, 5.74) is 0.807. The van der Waals surface area contributed by atoms with Gasteiger partial charge in [-0.1, -0.05) is 24.3 Å². The van der Waals surface area contributed by atoms with Crippen molar-refractivity contribution in [1.82, 2.24) is 0 Å². The fourth-order valence-electron chi connectivity index (χ4n) is 0.983. The van der Waals surface area contributed by atoms with Gasteiger partial charge in [-0.05, 0) is 18.1 Å². The van der Waals surface area contributed by atoms with Crippen LogP contribution in [0.5, 0.6) is 5.75 Å². The zero-order valence-electron chi connectivity index (χ0n) is 7.64. The molecule has 78 valence electrons. The van der Waals surface area contributed by atoms with Crippen molar-refractivity contribution >= 4 is 21.3 Å². The molecule has 0 N–H and O–H groups in total. The van der Waals surface area contributed by atoms with E-state index in [9.17, 15) is 8.76 Å². The quantitative estimate of drug-likeness (QED) is 0.449. The molecule has 0 heterocycles. The van der Waals surface area contributed by atoms with E-state index < -0.39 is 11.4 Å². The summed E-state index contributed by atoms with van der Waals surface area (Å²) < 4.78 is 25.1. The third-order valence-electron chi connectivity index (χ3n) is 1.49. The van der Waals surface area contributed by atoms with Crippen LogP contribution in [0.1, 0.15) is 5.56 Å². The van der Waals surface area contributed by atoms with Crippen molar-refractivity contribution in [3.05, 3.63) is 42.5 Å². The van der Waals surface area contributed by atoms with Crippen molar-refractivity contribution < 1.29 is 12.9 Å². The largest absolute Gasteiger partial charge is 0.740 e. The van der Waals surface area contributed by atoms with Crippen molar-refractivity contribution in [3.63, 3.8) is 0 Å². The molecule has 14 heavy (non-hydrogen) atoms. The third-order valence-corrected chi connectivity index (χ3v) is 1.81. The van der Waals surface area contributed by atoms with Crippen LogP contribution in [-0.4, -0.2) is 8.76 Å². The molecule has 1 aromatic carbocycles. The van der Waals surface area contributed by atoms with Gasteiger partial charge in [0, 0.05) is 0 Å². The number of hydrogen-bond donors (Lipinski definition) is 0. The normalized spacial score (nSPS) is 11.2. The predicted molar refractivity (Wildman–Crippen MR) is 61.0 cm³/mol. The maximum absolute atomic E-state index is 10.3. The molecule has 0 radical (unpaired) electrons. The van der Waals surface area contributed by atoms with Gasteiger partial charge in [0.1, 0.15) is 17.1 Å². The summed E-state index contributed by atoms with van der Waals surface area (Å²) in [7, 11) is 0. The highest BCUT2D eigenvalue weighted by Gasteiger charge is 2.00. The van der Waals surface area contributed by atoms with Crippen LogP contribution in [0.2, 0.25) is 0 Å². The molecule has 2 unspecified atom stereocenters. The van der Waals surface area contributed by atoms with Gasteiger partial charge in [-0.25, -0.2) is 4.21 Å². The Morgan fingerprint density at radius 3 is 2.71 bits per heavy atom. The number of allylic oxidation sites excluding steroid dienone is 1. The fraction of sp³-hybridized carbons (Fsp3) is 0.111. The maximum atomic E-state index is 10.3. The van der Waals surface area contributed by atoms with Gasteiger partial charge in [0.25, 0.3) is 0 Å². The van der Waals surface area contributed by atoms with E-state index >= 15 is 0 Å². The standard InChI is InChI=1S/C9H10O3S.H3P/c1-2-5-8-6-3-4-7-9(8)12-13(10)11;/h2-4,6-7H,1,5H2,(H,10,11);1H3/p-1. The molecule has 0 spiro atoms. The Morgan fingerprint density at radius 2 is 2.14 bits per heavy atom. The minimum Gasteiger partial charge on any atom is -0.740 e. The minimum absolute atomic E-state index is 0. The van der Waals surface area contributed by atoms with E-state index in [0.29, 0.717) is 12.2 Å². The van der Waals surface area contributed by atoms with Crippen LogP contribution in [0.4, 0.5) is 0 Å². The maximum Gasteiger partial charge on any atom is 0.142 e. The van der Waals surface area contributed by atoms with Gasteiger partial charge < -0.3 is 8.74 Å². The molecule has 2 atom stereocenters. The Hall–Kier alpha value is -0.700. The molecule has 0 aromatic heterocycles. The first kappa shape index (κ1) is 13.3. The summed E-state index contributed by atoms with van der Waals surface area (Å²) in [6.07, 6.45) is 2.28. The summed E-state index contributed by atoms with van der Waals surface area (Å²) >= 11 is -2.51. The smallest absolute Gasteiger partial charge is 0.142 e. The summed E-state index contributed by atoms with van der Waals surface area (Å²) in [6, 6.07) is 6.94. The molecule has 0 amide bonds. The van der Waals surface area contributed by atoms with Crippen LogP contribution in [0.25, 0.3) is 0 Å². The predicted octanol–water partition coefficient (Wildman–Crippen LogP) is 1.65. The van der Waals surface area contributed by atoms with Gasteiger partial charge in [-0.2, -0.15) is 9.90 Å². The topological polar surface area (TPSA) is 49.4 Å². The average molecular weight is 231 g/mol. The first-order valence-electron chi connectivity index (χ1n) is 3.70. The Morgan fingerprint density at radius 1 is 1.50 bits per heavy atom. The Kier molecular flexibility index (Phi) is 6.37. The van der Waals surface area contributed by atoms with Gasteiger partial charge in [0.05, 0.1) is 0 Å². The minimum atomic E-state index is -2.51. The highest BCUT2D eigenvalue weighted by molar-refractivity contribution is 7.74. The van der Waals surface area contributed by atoms with E-state index in [0.717, 1.165) is 5.56 Å². The van der Waals surface area contributed by atoms with Crippen LogP contribution in [0.3, 0.4) is 0 Å². The van der Waals surface area contributed by atoms with Crippen LogP contribution in [0.15, 0.2) is 36.9 Å². The lowest BCUT2D eigenvalue weighted by atomic mass is 10.1. The Bertz CT molecular complexity index is 328. The van der Waals surface area contributed by atoms with E-state index in [1.807, 2.05) is 6.07 Å². The van der Waals surface area contributed by atoms with Crippen LogP contribution in [-0.2, 0) is 17.8 Å². The third kappa shape index (κ3) is 4.01. The lowest BCUT2D eigenvalue weighted by Gasteiger charge is -2.10. The van der Waals surface area contributed by atoms with Gasteiger partial charge in [0.15, 0.2) is 0 Å². The SMILES string of the molecule is C=CCc1ccccc1OS(=O)[O-].P. The second-order valence-electron chi connectivity index (χ2n) is 2.39. The molecule has 3 nitrogen and oxygen atoms in total. The molecule has 0 fully saturated rings. The molecule has 0 aliphatic carbocycles. The second kappa shape index (κ2) is 6.71. The van der Waals surface area contributed by atoms with Crippen LogP contribution in [0, 0.1) is 0 Å². The lowest BCUT2D eigenvalue weighted by molar-refractivity contribution is 0.438. The molecule has 5 heteroatoms. The molecule has 0 aliphatic rings. The summed E-state index contributed by atoms with van der Waals surface area (Å²) in [4.78, 5) is 0. The van der Waals surface area contributed by atoms with Crippen LogP contribution >= 0.6 is 9.90 Å². The number of benzene rings is 1. The Labute approximate surface area is 89.3 Å². The fourth-order valence-corrected chi connectivity index (χ4v) is 1.29. The van der Waals surface area contributed by atoms with Crippen LogP contribution < -0.4 is 4.18 Å². The first-order valence-corrected chi connectivity index (χ1v) is 4.70. The first-order chi connectivity index (χ1) is 6.24. The summed E-state index contributed by atoms with van der Waals surface area (Å²) in [5, 5.41) is 0. The number of para-hydroxylation sites is 1. The Balaban J connectivity index is 0.00000169. The van der Waals surface area contributed by atoms with Crippen molar-refractivity contribution in [2.24, 2.45) is 0 Å². The highest BCUT2D eigenvalue weighted by atomic mass is 32.2. The molecule has 1 rings (SSSR count). The molecule has 1 aromatic rings. The lowest BCUT2D eigenvalue weighted by Crippen LogP contribution is -2.00. The van der Waals surface area contributed by atoms with Gasteiger partial charge in [-0.3, -0.25) is 0 Å². The zero-order chi connectivity index (χ0) is 9.68. The van der Waals surface area contributed by atoms with Gasteiger partial charge in [0.2, 0.25) is 0 Å². The van der Waals surface area contributed by atoms with Gasteiger partial charge in [-0.15, -0.1) is 6.58 Å². The van der Waals surface area contributed by atoms with Crippen molar-refractivity contribution in [3.8, 4) is 5.75 Å². The van der Waals surface area contributed by atoms with E-state index in [1.165, 1.54) is 0 Å². The molecular weight excluding hydrogens is 219 g/mol. The summed E-state index contributed by atoms with van der Waals surface area (Å²) in [6.45, 7) is 3.57. The second-order valence-corrected chi connectivity index (χ2v) is 2.96.